The molecular weight excluding hydrogens is 390 g/mol. The molecule has 27 heavy (non-hydrogen) atoms. The number of anilines is 1. The number of ether oxygens (including phenoxy) is 4. The lowest BCUT2D eigenvalue weighted by Gasteiger charge is -2.14. The molecule has 2 aromatic carbocycles. The third-order valence-corrected chi connectivity index (χ3v) is 5.50. The molecule has 8 heteroatoms. The van der Waals surface area contributed by atoms with Crippen molar-refractivity contribution in [2.45, 2.75) is 17.9 Å². The van der Waals surface area contributed by atoms with Gasteiger partial charge < -0.3 is 24.3 Å². The zero-order valence-electron chi connectivity index (χ0n) is 15.2. The first-order valence-corrected chi connectivity index (χ1v) is 9.67. The zero-order chi connectivity index (χ0) is 19.4. The van der Waals surface area contributed by atoms with Crippen LogP contribution in [0, 0.1) is 0 Å². The van der Waals surface area contributed by atoms with Crippen LogP contribution in [-0.2, 0) is 10.5 Å². The summed E-state index contributed by atoms with van der Waals surface area (Å²) < 4.78 is 21.1. The molecule has 0 bridgehead atoms. The molecule has 1 N–H and O–H groups in total. The van der Waals surface area contributed by atoms with Crippen LogP contribution in [0.5, 0.6) is 23.0 Å². The molecule has 1 aliphatic heterocycles. The van der Waals surface area contributed by atoms with Crippen LogP contribution in [0.3, 0.4) is 0 Å². The summed E-state index contributed by atoms with van der Waals surface area (Å²) in [5.41, 5.74) is 1.62. The zero-order valence-corrected chi connectivity index (χ0v) is 16.8. The van der Waals surface area contributed by atoms with Crippen LogP contribution in [0.15, 0.2) is 30.3 Å². The minimum atomic E-state index is -0.262. The molecule has 144 valence electrons. The number of fused-ring (bicyclic) bond motifs is 1. The van der Waals surface area contributed by atoms with E-state index in [0.717, 1.165) is 5.56 Å². The number of hydrogen-bond donors (Lipinski definition) is 1. The molecule has 1 aliphatic rings. The highest BCUT2D eigenvalue weighted by molar-refractivity contribution is 7.99. The van der Waals surface area contributed by atoms with Gasteiger partial charge in [-0.2, -0.15) is 0 Å². The van der Waals surface area contributed by atoms with E-state index in [0.29, 0.717) is 39.5 Å². The van der Waals surface area contributed by atoms with Crippen molar-refractivity contribution in [1.82, 2.24) is 0 Å². The Labute approximate surface area is 167 Å². The van der Waals surface area contributed by atoms with Crippen molar-refractivity contribution >= 4 is 35.0 Å². The van der Waals surface area contributed by atoms with E-state index in [1.54, 1.807) is 32.4 Å². The monoisotopic (exact) mass is 409 g/mol. The van der Waals surface area contributed by atoms with Crippen molar-refractivity contribution in [3.05, 3.63) is 40.9 Å². The van der Waals surface area contributed by atoms with Crippen molar-refractivity contribution < 1.29 is 23.7 Å². The van der Waals surface area contributed by atoms with Crippen LogP contribution in [0.25, 0.3) is 0 Å². The Balaban J connectivity index is 1.59. The molecule has 1 unspecified atom stereocenters. The van der Waals surface area contributed by atoms with Gasteiger partial charge in [0.05, 0.1) is 24.5 Å². The molecule has 6 nitrogen and oxygen atoms in total. The highest BCUT2D eigenvalue weighted by Gasteiger charge is 2.20. The van der Waals surface area contributed by atoms with Crippen molar-refractivity contribution in [2.75, 3.05) is 26.3 Å². The fourth-order valence-corrected chi connectivity index (χ4v) is 3.67. The number of thioether (sulfide) groups is 1. The molecule has 3 rings (SSSR count). The molecule has 0 aromatic heterocycles. The van der Waals surface area contributed by atoms with E-state index in [1.807, 2.05) is 19.1 Å². The Kier molecular flexibility index (Phi) is 6.23. The second-order valence-corrected chi connectivity index (χ2v) is 7.56. The number of carbonyl (C=O) groups is 1. The molecule has 0 fully saturated rings. The van der Waals surface area contributed by atoms with E-state index in [2.05, 4.69) is 5.32 Å². The van der Waals surface area contributed by atoms with Crippen LogP contribution in [0.1, 0.15) is 12.5 Å². The lowest BCUT2D eigenvalue weighted by molar-refractivity contribution is -0.115. The number of methoxy groups -OCH3 is 2. The minimum Gasteiger partial charge on any atom is -0.493 e. The SMILES string of the molecule is COc1ccc(NC(=O)C(C)SCc2cc(Cl)c3c(c2)OCO3)cc1OC. The first-order chi connectivity index (χ1) is 13.0. The largest absolute Gasteiger partial charge is 0.493 e. The third kappa shape index (κ3) is 4.54. The molecule has 0 spiro atoms. The van der Waals surface area contributed by atoms with Gasteiger partial charge in [-0.25, -0.2) is 0 Å². The number of carbonyl (C=O) groups excluding carboxylic acids is 1. The summed E-state index contributed by atoms with van der Waals surface area (Å²) >= 11 is 7.70. The maximum Gasteiger partial charge on any atom is 0.237 e. The molecule has 1 atom stereocenters. The predicted octanol–water partition coefficient (Wildman–Crippen LogP) is 4.35. The Bertz CT molecular complexity index is 845. The van der Waals surface area contributed by atoms with Crippen LogP contribution in [0.4, 0.5) is 5.69 Å². The number of benzene rings is 2. The number of hydrogen-bond acceptors (Lipinski definition) is 6. The lowest BCUT2D eigenvalue weighted by Crippen LogP contribution is -2.22. The number of amides is 1. The summed E-state index contributed by atoms with van der Waals surface area (Å²) in [6, 6.07) is 8.97. The van der Waals surface area contributed by atoms with E-state index in [4.69, 9.17) is 30.5 Å². The Morgan fingerprint density at radius 1 is 1.22 bits per heavy atom. The summed E-state index contributed by atoms with van der Waals surface area (Å²) in [5, 5.41) is 3.15. The quantitative estimate of drug-likeness (QED) is 0.733. The van der Waals surface area contributed by atoms with Crippen LogP contribution in [-0.4, -0.2) is 32.2 Å². The average Bonchev–Trinajstić information content (AvgIpc) is 3.15. The number of halogens is 1. The van der Waals surface area contributed by atoms with Crippen molar-refractivity contribution in [3.8, 4) is 23.0 Å². The summed E-state index contributed by atoms with van der Waals surface area (Å²) in [6.07, 6.45) is 0. The fraction of sp³-hybridized carbons (Fsp3) is 0.316. The van der Waals surface area contributed by atoms with Crippen molar-refractivity contribution in [3.63, 3.8) is 0 Å². The second-order valence-electron chi connectivity index (χ2n) is 5.82. The van der Waals surface area contributed by atoms with Gasteiger partial charge in [0, 0.05) is 17.5 Å². The van der Waals surface area contributed by atoms with Gasteiger partial charge in [0.2, 0.25) is 12.7 Å². The first-order valence-electron chi connectivity index (χ1n) is 8.24. The Morgan fingerprint density at radius 3 is 2.74 bits per heavy atom. The molecule has 1 amide bonds. The highest BCUT2D eigenvalue weighted by Crippen LogP contribution is 2.40. The molecule has 0 radical (unpaired) electrons. The summed E-state index contributed by atoms with van der Waals surface area (Å²) in [4.78, 5) is 12.5. The van der Waals surface area contributed by atoms with Gasteiger partial charge in [0.15, 0.2) is 23.0 Å². The molecule has 0 aliphatic carbocycles. The van der Waals surface area contributed by atoms with E-state index < -0.39 is 0 Å². The molecular formula is C19H20ClNO5S. The number of rotatable bonds is 7. The fourth-order valence-electron chi connectivity index (χ4n) is 2.56. The first kappa shape index (κ1) is 19.5. The highest BCUT2D eigenvalue weighted by atomic mass is 35.5. The number of nitrogens with one attached hydrogen (secondary N) is 1. The summed E-state index contributed by atoms with van der Waals surface area (Å²) in [7, 11) is 3.12. The second kappa shape index (κ2) is 8.63. The maximum atomic E-state index is 12.5. The van der Waals surface area contributed by atoms with E-state index in [1.165, 1.54) is 11.8 Å². The molecule has 0 saturated carbocycles. The molecule has 2 aromatic rings. The lowest BCUT2D eigenvalue weighted by atomic mass is 10.2. The minimum absolute atomic E-state index is 0.0981. The average molecular weight is 410 g/mol. The predicted molar refractivity (Wildman–Crippen MR) is 107 cm³/mol. The Hall–Kier alpha value is -2.25. The maximum absolute atomic E-state index is 12.5. The topological polar surface area (TPSA) is 66.0 Å². The van der Waals surface area contributed by atoms with E-state index >= 15 is 0 Å². The van der Waals surface area contributed by atoms with Gasteiger partial charge in [0.25, 0.3) is 0 Å². The van der Waals surface area contributed by atoms with Gasteiger partial charge in [-0.15, -0.1) is 11.8 Å². The van der Waals surface area contributed by atoms with Gasteiger partial charge >= 0.3 is 0 Å². The van der Waals surface area contributed by atoms with Crippen LogP contribution >= 0.6 is 23.4 Å². The van der Waals surface area contributed by atoms with E-state index in [-0.39, 0.29) is 18.0 Å². The third-order valence-electron chi connectivity index (χ3n) is 4.01. The smallest absolute Gasteiger partial charge is 0.237 e. The summed E-state index contributed by atoms with van der Waals surface area (Å²) in [5.74, 6) is 2.91. The van der Waals surface area contributed by atoms with E-state index in [9.17, 15) is 4.79 Å². The molecule has 1 heterocycles. The van der Waals surface area contributed by atoms with Gasteiger partial charge in [-0.1, -0.05) is 11.6 Å². The summed E-state index contributed by atoms with van der Waals surface area (Å²) in [6.45, 7) is 2.03. The van der Waals surface area contributed by atoms with Gasteiger partial charge in [-0.3, -0.25) is 4.79 Å². The normalized spacial score (nSPS) is 13.2. The Morgan fingerprint density at radius 2 is 2.00 bits per heavy atom. The van der Waals surface area contributed by atoms with Crippen LogP contribution in [0.2, 0.25) is 5.02 Å². The van der Waals surface area contributed by atoms with Crippen LogP contribution < -0.4 is 24.3 Å². The van der Waals surface area contributed by atoms with Crippen molar-refractivity contribution in [2.24, 2.45) is 0 Å². The standard InChI is InChI=1S/C19H20ClNO5S/c1-11(19(22)21-13-4-5-15(23-2)16(8-13)24-3)27-9-12-6-14(20)18-17(7-12)25-10-26-18/h4-8,11H,9-10H2,1-3H3,(H,21,22). The van der Waals surface area contributed by atoms with Gasteiger partial charge in [-0.05, 0) is 36.8 Å². The van der Waals surface area contributed by atoms with Gasteiger partial charge in [0.1, 0.15) is 0 Å². The molecule has 0 saturated heterocycles. The van der Waals surface area contributed by atoms with Crippen molar-refractivity contribution in [1.29, 1.82) is 0 Å².